The number of aliphatic carboxylic acids is 1. The van der Waals surface area contributed by atoms with Crippen molar-refractivity contribution in [2.45, 2.75) is 10.8 Å². The van der Waals surface area contributed by atoms with Crippen molar-refractivity contribution in [3.8, 4) is 0 Å². The van der Waals surface area contributed by atoms with E-state index in [4.69, 9.17) is 0 Å². The summed E-state index contributed by atoms with van der Waals surface area (Å²) in [4.78, 5) is 11.1. The van der Waals surface area contributed by atoms with Crippen molar-refractivity contribution in [2.75, 3.05) is 0 Å². The largest absolute Gasteiger partial charge is 0.481 e. The first-order chi connectivity index (χ1) is 9.41. The Morgan fingerprint density at radius 3 is 2.05 bits per heavy atom. The first kappa shape index (κ1) is 14.2. The second-order valence-corrected chi connectivity index (χ2v) is 5.58. The molecule has 20 heavy (non-hydrogen) atoms. The summed E-state index contributed by atoms with van der Waals surface area (Å²) in [6.07, 6.45) is 0. The van der Waals surface area contributed by atoms with E-state index in [1.54, 1.807) is 30.3 Å². The van der Waals surface area contributed by atoms with Crippen molar-refractivity contribution < 1.29 is 22.9 Å². The average molecular weight is 292 g/mol. The molecule has 0 aliphatic carbocycles. The van der Waals surface area contributed by atoms with Crippen LogP contribution in [0.4, 0.5) is 0 Å². The third kappa shape index (κ3) is 2.87. The second-order valence-electron chi connectivity index (χ2n) is 4.19. The third-order valence-corrected chi connectivity index (χ3v) is 3.82. The molecule has 0 saturated carbocycles. The topological polar surface area (TPSA) is 91.7 Å². The van der Waals surface area contributed by atoms with Crippen LogP contribution in [0, 0.1) is 0 Å². The summed E-state index contributed by atoms with van der Waals surface area (Å²) < 4.78 is 32.0. The lowest BCUT2D eigenvalue weighted by molar-refractivity contribution is -0.137. The van der Waals surface area contributed by atoms with Crippen LogP contribution < -0.4 is 0 Å². The van der Waals surface area contributed by atoms with Crippen molar-refractivity contribution in [3.05, 3.63) is 65.7 Å². The van der Waals surface area contributed by atoms with Gasteiger partial charge >= 0.3 is 5.97 Å². The number of hydrogen-bond donors (Lipinski definition) is 2. The lowest BCUT2D eigenvalue weighted by Crippen LogP contribution is -2.16. The van der Waals surface area contributed by atoms with Crippen LogP contribution in [0.3, 0.4) is 0 Å². The lowest BCUT2D eigenvalue weighted by atomic mass is 9.91. The van der Waals surface area contributed by atoms with Gasteiger partial charge in [-0.15, -0.1) is 0 Å². The summed E-state index contributed by atoms with van der Waals surface area (Å²) in [7, 11) is -4.48. The fourth-order valence-electron chi connectivity index (χ4n) is 2.05. The van der Waals surface area contributed by atoms with Gasteiger partial charge in [-0.2, -0.15) is 8.42 Å². The van der Waals surface area contributed by atoms with E-state index in [-0.39, 0.29) is 5.56 Å². The highest BCUT2D eigenvalue weighted by Gasteiger charge is 2.28. The molecule has 0 saturated heterocycles. The molecule has 0 aliphatic heterocycles. The van der Waals surface area contributed by atoms with Crippen LogP contribution >= 0.6 is 0 Å². The maximum atomic E-state index is 11.5. The van der Waals surface area contributed by atoms with E-state index in [0.29, 0.717) is 5.56 Å². The van der Waals surface area contributed by atoms with Gasteiger partial charge in [0.15, 0.2) is 0 Å². The van der Waals surface area contributed by atoms with Crippen LogP contribution in [0.2, 0.25) is 0 Å². The molecular formula is C14H12O5S. The molecule has 2 N–H and O–H groups in total. The van der Waals surface area contributed by atoms with E-state index in [2.05, 4.69) is 0 Å². The Morgan fingerprint density at radius 1 is 0.950 bits per heavy atom. The molecule has 0 spiro atoms. The van der Waals surface area contributed by atoms with Crippen molar-refractivity contribution >= 4 is 16.1 Å². The second kappa shape index (κ2) is 5.44. The van der Waals surface area contributed by atoms with Gasteiger partial charge in [0.05, 0.1) is 4.90 Å². The van der Waals surface area contributed by atoms with Crippen molar-refractivity contribution in [1.82, 2.24) is 0 Å². The molecule has 0 bridgehead atoms. The Morgan fingerprint density at radius 2 is 1.50 bits per heavy atom. The Bertz CT molecular complexity index is 722. The first-order valence-corrected chi connectivity index (χ1v) is 7.19. The van der Waals surface area contributed by atoms with Gasteiger partial charge < -0.3 is 5.11 Å². The summed E-state index contributed by atoms with van der Waals surface area (Å²) in [5, 5.41) is 9.39. The minimum Gasteiger partial charge on any atom is -0.481 e. The molecule has 2 aromatic rings. The molecule has 6 heteroatoms. The Kier molecular flexibility index (Phi) is 3.87. The van der Waals surface area contributed by atoms with E-state index in [9.17, 15) is 22.9 Å². The maximum Gasteiger partial charge on any atom is 0.315 e. The minimum absolute atomic E-state index is 0.0358. The molecule has 2 rings (SSSR count). The molecule has 0 radical (unpaired) electrons. The lowest BCUT2D eigenvalue weighted by Gasteiger charge is -2.15. The van der Waals surface area contributed by atoms with E-state index in [1.807, 2.05) is 0 Å². The fourth-order valence-corrected chi connectivity index (χ4v) is 2.79. The number of hydrogen-bond acceptors (Lipinski definition) is 3. The van der Waals surface area contributed by atoms with Crippen molar-refractivity contribution in [3.63, 3.8) is 0 Å². The fraction of sp³-hybridized carbons (Fsp3) is 0.0714. The zero-order valence-corrected chi connectivity index (χ0v) is 11.1. The highest BCUT2D eigenvalue weighted by Crippen LogP contribution is 2.30. The van der Waals surface area contributed by atoms with Crippen molar-refractivity contribution in [1.29, 1.82) is 0 Å². The predicted molar refractivity (Wildman–Crippen MR) is 72.2 cm³/mol. The van der Waals surface area contributed by atoms with Gasteiger partial charge in [-0.05, 0) is 17.2 Å². The average Bonchev–Trinajstić information content (AvgIpc) is 2.39. The normalized spacial score (nSPS) is 12.8. The van der Waals surface area contributed by atoms with Crippen LogP contribution in [0.5, 0.6) is 0 Å². The third-order valence-electron chi connectivity index (χ3n) is 2.89. The Hall–Kier alpha value is -2.18. The standard InChI is InChI=1S/C14H12O5S/c15-14(16)13(10-6-2-1-3-7-10)11-8-4-5-9-12(11)20(17,18)19/h1-9,13H,(H,15,16)(H,17,18,19). The molecule has 1 atom stereocenters. The predicted octanol–water partition coefficient (Wildman–Crippen LogP) is 2.15. The molecule has 0 heterocycles. The van der Waals surface area contributed by atoms with Gasteiger partial charge in [0, 0.05) is 0 Å². The van der Waals surface area contributed by atoms with E-state index < -0.39 is 26.9 Å². The number of carboxylic acid groups (broad SMARTS) is 1. The Balaban J connectivity index is 2.67. The number of carboxylic acids is 1. The van der Waals surface area contributed by atoms with Gasteiger partial charge in [-0.25, -0.2) is 0 Å². The summed E-state index contributed by atoms with van der Waals surface area (Å²) in [5.41, 5.74) is 0.477. The molecule has 1 unspecified atom stereocenters. The van der Waals surface area contributed by atoms with Crippen LogP contribution in [-0.4, -0.2) is 24.0 Å². The van der Waals surface area contributed by atoms with Gasteiger partial charge in [0.2, 0.25) is 0 Å². The van der Waals surface area contributed by atoms with E-state index in [1.165, 1.54) is 24.3 Å². The summed E-state index contributed by atoms with van der Waals surface area (Å²) in [5.74, 6) is -2.35. The van der Waals surface area contributed by atoms with Gasteiger partial charge in [0.1, 0.15) is 5.92 Å². The molecule has 0 aromatic heterocycles. The van der Waals surface area contributed by atoms with Gasteiger partial charge in [0.25, 0.3) is 10.1 Å². The summed E-state index contributed by atoms with van der Waals surface area (Å²) in [6, 6.07) is 13.8. The van der Waals surface area contributed by atoms with E-state index in [0.717, 1.165) is 0 Å². The molecular weight excluding hydrogens is 280 g/mol. The first-order valence-electron chi connectivity index (χ1n) is 5.75. The monoisotopic (exact) mass is 292 g/mol. The smallest absolute Gasteiger partial charge is 0.315 e. The van der Waals surface area contributed by atoms with Crippen LogP contribution in [0.1, 0.15) is 17.0 Å². The van der Waals surface area contributed by atoms with Gasteiger partial charge in [-0.3, -0.25) is 9.35 Å². The van der Waals surface area contributed by atoms with E-state index >= 15 is 0 Å². The highest BCUT2D eigenvalue weighted by molar-refractivity contribution is 7.85. The molecule has 2 aromatic carbocycles. The van der Waals surface area contributed by atoms with Crippen LogP contribution in [0.15, 0.2) is 59.5 Å². The maximum absolute atomic E-state index is 11.5. The van der Waals surface area contributed by atoms with Crippen LogP contribution in [-0.2, 0) is 14.9 Å². The van der Waals surface area contributed by atoms with Crippen molar-refractivity contribution in [2.24, 2.45) is 0 Å². The van der Waals surface area contributed by atoms with Gasteiger partial charge in [-0.1, -0.05) is 48.5 Å². The summed E-state index contributed by atoms with van der Waals surface area (Å²) >= 11 is 0. The molecule has 0 amide bonds. The molecule has 0 aliphatic rings. The zero-order valence-electron chi connectivity index (χ0n) is 10.3. The number of carbonyl (C=O) groups is 1. The minimum atomic E-state index is -4.48. The number of benzene rings is 2. The Labute approximate surface area is 116 Å². The number of rotatable bonds is 4. The molecule has 104 valence electrons. The molecule has 0 fully saturated rings. The summed E-state index contributed by atoms with van der Waals surface area (Å²) in [6.45, 7) is 0. The highest BCUT2D eigenvalue weighted by atomic mass is 32.2. The molecule has 5 nitrogen and oxygen atoms in total. The quantitative estimate of drug-likeness (QED) is 0.842. The van der Waals surface area contributed by atoms with Crippen LogP contribution in [0.25, 0.3) is 0 Å². The zero-order chi connectivity index (χ0) is 14.8. The SMILES string of the molecule is O=C(O)C(c1ccccc1)c1ccccc1S(=O)(=O)O.